The summed E-state index contributed by atoms with van der Waals surface area (Å²) in [6.07, 6.45) is -52.8. The molecule has 3 aliphatic heterocycles. The molecule has 12 N–H and O–H groups in total. The van der Waals surface area contributed by atoms with Crippen LogP contribution in [0, 0.1) is 0 Å². The van der Waals surface area contributed by atoms with Gasteiger partial charge < -0.3 is 33.5 Å². The third-order valence-corrected chi connectivity index (χ3v) is 13.4. The van der Waals surface area contributed by atoms with Crippen LogP contribution in [0.15, 0.2) is 0 Å². The van der Waals surface area contributed by atoms with Gasteiger partial charge in [0.05, 0.1) is 19.8 Å². The maximum absolute atomic E-state index is 12.5. The summed E-state index contributed by atoms with van der Waals surface area (Å²) in [6, 6.07) is 0. The van der Waals surface area contributed by atoms with Crippen molar-refractivity contribution in [3.05, 3.63) is 0 Å². The number of phosphoric acid groups is 1. The molecule has 60 heteroatoms. The molecule has 3 rings (SSSR count). The van der Waals surface area contributed by atoms with E-state index >= 15 is 0 Å². The third-order valence-electron chi connectivity index (χ3n) is 8.37. The predicted octanol–water partition coefficient (Wildman–Crippen LogP) is -9.19. The minimum Gasteiger partial charge on any atom is -0.341 e. The van der Waals surface area contributed by atoms with E-state index in [1.54, 1.807) is 0 Å². The largest absolute Gasteiger partial charge is 0.469 e. The van der Waals surface area contributed by atoms with Crippen molar-refractivity contribution in [2.24, 2.45) is 0 Å². The topological polar surface area (TPSA) is 749 Å². The van der Waals surface area contributed by atoms with Crippen LogP contribution in [0.1, 0.15) is 0 Å². The van der Waals surface area contributed by atoms with Gasteiger partial charge in [0.2, 0.25) is 6.29 Å². The Hall–Kier alpha value is -1.39. The van der Waals surface area contributed by atoms with Crippen LogP contribution in [0.4, 0.5) is 0 Å². The number of hydrogen-bond donors (Lipinski definition) is 12. The maximum Gasteiger partial charge on any atom is 0.469 e. The number of hydrogen-bond acceptors (Lipinski definition) is 37. The molecule has 78 heavy (non-hydrogen) atoms. The van der Waals surface area contributed by atoms with E-state index in [4.69, 9.17) is 28.2 Å². The highest BCUT2D eigenvalue weighted by molar-refractivity contribution is 7.83. The van der Waals surface area contributed by atoms with Gasteiger partial charge in [-0.3, -0.25) is 50.1 Å². The van der Waals surface area contributed by atoms with Gasteiger partial charge in [0.1, 0.15) is 61.0 Å². The first-order valence-electron chi connectivity index (χ1n) is 17.9. The first-order valence-corrected chi connectivity index (χ1v) is 33.1. The van der Waals surface area contributed by atoms with Gasteiger partial charge in [-0.05, 0) is 0 Å². The van der Waals surface area contributed by atoms with Crippen LogP contribution in [0.5, 0.6) is 0 Å². The summed E-state index contributed by atoms with van der Waals surface area (Å²) < 4.78 is 419. The van der Waals surface area contributed by atoms with Gasteiger partial charge in [0.25, 0.3) is 0 Å². The number of phosphoric ester groups is 1. The molecular formula is C18H33O49PS10. The Labute approximate surface area is 435 Å². The van der Waals surface area contributed by atoms with E-state index in [1.807, 2.05) is 0 Å². The lowest BCUT2D eigenvalue weighted by molar-refractivity contribution is -0.371. The number of ether oxygens (including phenoxy) is 5. The normalized spacial score (nSPS) is 31.9. The molecule has 0 aliphatic carbocycles. The van der Waals surface area contributed by atoms with Crippen LogP contribution in [0.25, 0.3) is 0 Å². The molecule has 49 nitrogen and oxygen atoms in total. The minimum atomic E-state index is -6.62. The Morgan fingerprint density at radius 1 is 0.295 bits per heavy atom. The fourth-order valence-electron chi connectivity index (χ4n) is 6.30. The lowest BCUT2D eigenvalue weighted by Crippen LogP contribution is -2.69. The van der Waals surface area contributed by atoms with Gasteiger partial charge in [-0.25, -0.2) is 46.4 Å². The molecule has 3 saturated heterocycles. The van der Waals surface area contributed by atoms with E-state index in [9.17, 15) is 140 Å². The van der Waals surface area contributed by atoms with Crippen molar-refractivity contribution in [3.63, 3.8) is 0 Å². The van der Waals surface area contributed by atoms with E-state index < -0.39 is 224 Å². The van der Waals surface area contributed by atoms with Crippen LogP contribution in [-0.4, -0.2) is 251 Å². The highest BCUT2D eigenvalue weighted by Gasteiger charge is 2.61. The SMILES string of the molecule is O=P(O)(O)OC[C@H]1O[C@H](O[C@@H]2[C@H](OS(=O)(=O)O)[C@@H](O[C@@H]3C(OS(=O)(=O)O)O[C@H](COS(=O)(=O)O)[C@@H](OS(=O)(=O)O)[C@@H]3OS(=O)(=O)O)O[C@H](COS(=O)(=O)O)[C@H]2OS(=O)(=O)O)[C@@H](OS(=O)(=O)O)[C@@H](OS(=O)(=O)O)[C@@H]1OS(=O)(=O)O. The summed E-state index contributed by atoms with van der Waals surface area (Å²) in [6.45, 7) is -6.36. The Bertz CT molecular complexity index is 3330. The van der Waals surface area contributed by atoms with Crippen LogP contribution in [0.2, 0.25) is 0 Å². The third kappa shape index (κ3) is 26.0. The monoisotopic (exact) mass is 1380 g/mol. The fraction of sp³-hybridized carbons (Fsp3) is 1.00. The Balaban J connectivity index is 2.60. The smallest absolute Gasteiger partial charge is 0.341 e. The molecule has 0 spiro atoms. The molecule has 0 aromatic rings. The van der Waals surface area contributed by atoms with Crippen molar-refractivity contribution in [1.29, 1.82) is 0 Å². The van der Waals surface area contributed by atoms with Crippen molar-refractivity contribution in [2.45, 2.75) is 92.1 Å². The van der Waals surface area contributed by atoms with Gasteiger partial charge in [-0.15, -0.1) is 0 Å². The zero-order chi connectivity index (χ0) is 60.6. The van der Waals surface area contributed by atoms with Crippen molar-refractivity contribution >= 4 is 112 Å². The Kier molecular flexibility index (Phi) is 23.1. The van der Waals surface area contributed by atoms with Crippen molar-refractivity contribution in [1.82, 2.24) is 0 Å². The fourth-order valence-corrected chi connectivity index (χ4v) is 11.1. The van der Waals surface area contributed by atoms with Gasteiger partial charge in [-0.2, -0.15) is 84.2 Å². The molecule has 0 aromatic carbocycles. The van der Waals surface area contributed by atoms with E-state index in [1.165, 1.54) is 0 Å². The molecule has 1 unspecified atom stereocenters. The molecule has 3 fully saturated rings. The Morgan fingerprint density at radius 3 is 0.846 bits per heavy atom. The summed E-state index contributed by atoms with van der Waals surface area (Å²) in [7, 11) is -69.2. The summed E-state index contributed by atoms with van der Waals surface area (Å²) in [4.78, 5) is 18.7. The summed E-state index contributed by atoms with van der Waals surface area (Å²) in [5.74, 6) is 0. The molecule has 15 atom stereocenters. The van der Waals surface area contributed by atoms with Crippen molar-refractivity contribution in [2.75, 3.05) is 19.8 Å². The Morgan fingerprint density at radius 2 is 0.538 bits per heavy atom. The van der Waals surface area contributed by atoms with Gasteiger partial charge in [0, 0.05) is 0 Å². The maximum atomic E-state index is 12.5. The molecular weight excluding hydrogens is 1350 g/mol. The van der Waals surface area contributed by atoms with Crippen LogP contribution < -0.4 is 0 Å². The zero-order valence-corrected chi connectivity index (χ0v) is 44.8. The highest BCUT2D eigenvalue weighted by atomic mass is 32.3. The molecule has 0 amide bonds. The van der Waals surface area contributed by atoms with Crippen molar-refractivity contribution < 1.29 is 214 Å². The quantitative estimate of drug-likeness (QED) is 0.0244. The van der Waals surface area contributed by atoms with Crippen LogP contribution in [-0.2, 0) is 179 Å². The predicted molar refractivity (Wildman–Crippen MR) is 216 cm³/mol. The molecule has 0 aromatic heterocycles. The van der Waals surface area contributed by atoms with E-state index in [-0.39, 0.29) is 0 Å². The summed E-state index contributed by atoms with van der Waals surface area (Å²) in [5, 5.41) is 0. The molecule has 0 bridgehead atoms. The summed E-state index contributed by atoms with van der Waals surface area (Å²) in [5.41, 5.74) is 0. The van der Waals surface area contributed by atoms with E-state index in [2.05, 4.69) is 46.4 Å². The first kappa shape index (κ1) is 70.9. The second kappa shape index (κ2) is 25.4. The highest BCUT2D eigenvalue weighted by Crippen LogP contribution is 2.42. The molecule has 464 valence electrons. The molecule has 0 radical (unpaired) electrons. The van der Waals surface area contributed by atoms with E-state index in [0.717, 1.165) is 0 Å². The van der Waals surface area contributed by atoms with Crippen LogP contribution >= 0.6 is 7.82 Å². The second-order valence-corrected chi connectivity index (χ2v) is 25.8. The zero-order valence-electron chi connectivity index (χ0n) is 35.8. The molecule has 3 aliphatic rings. The standard InChI is InChI=1S/C18H33O49PS10/c19-68(20,21)52-1-4-8(61-72(31,32)33)12(64-75(40,41)42)15(66-77(46,47)48)17(55-4)58-10-7(60-71(28,29)30)5(2-53-69(22,23)24)56-16(14(10)65-76(43,44)45)59-13-11(63-74(37,38)39)9(62-73(34,35)36)6(3-54-70(25,26)27)57-18(13)67-78(49,50)51/h4-18H,1-3H2,(H2,19,20,21)(H,22,23,24)(H,25,26,27)(H,28,29,30)(H,31,32,33)(H,34,35,36)(H,37,38,39)(H,40,41,42)(H,43,44,45)(H,46,47,48)(H,49,50,51)/t4-,5-,6-,7-,8-,9-,10+,11+,12+,13+,14+,15+,16-,17-,18?/m1/s1. The minimum absolute atomic E-state index is 2.05. The van der Waals surface area contributed by atoms with Gasteiger partial charge in [0.15, 0.2) is 24.8 Å². The molecule has 0 saturated carbocycles. The van der Waals surface area contributed by atoms with Gasteiger partial charge in [-0.1, -0.05) is 0 Å². The average molecular weight is 1390 g/mol. The molecule has 3 heterocycles. The second-order valence-electron chi connectivity index (χ2n) is 14.0. The average Bonchev–Trinajstić information content (AvgIpc) is 3.14. The van der Waals surface area contributed by atoms with Gasteiger partial charge >= 0.3 is 112 Å². The number of rotatable bonds is 29. The van der Waals surface area contributed by atoms with Crippen LogP contribution in [0.3, 0.4) is 0 Å². The first-order chi connectivity index (χ1) is 34.5. The summed E-state index contributed by atoms with van der Waals surface area (Å²) >= 11 is 0. The lowest BCUT2D eigenvalue weighted by atomic mass is 9.96. The van der Waals surface area contributed by atoms with E-state index in [0.29, 0.717) is 0 Å². The lowest BCUT2D eigenvalue weighted by Gasteiger charge is -2.49. The van der Waals surface area contributed by atoms with Crippen molar-refractivity contribution in [3.8, 4) is 0 Å².